The van der Waals surface area contributed by atoms with Crippen LogP contribution in [0.3, 0.4) is 0 Å². The number of hydrogen-bond donors (Lipinski definition) is 0. The van der Waals surface area contributed by atoms with Gasteiger partial charge in [-0.2, -0.15) is 0 Å². The van der Waals surface area contributed by atoms with E-state index in [0.29, 0.717) is 0 Å². The molecule has 0 unspecified atom stereocenters. The molecule has 1 nitrogen and oxygen atoms in total. The van der Waals surface area contributed by atoms with E-state index in [1.54, 1.807) is 7.11 Å². The number of benzene rings is 2. The molecular weight excluding hydrogens is 292 g/mol. The lowest BCUT2D eigenvalue weighted by molar-refractivity contribution is 0.415. The Bertz CT molecular complexity index is 721. The number of aryl methyl sites for hydroxylation is 1. The second-order valence-corrected chi connectivity index (χ2v) is 5.76. The molecule has 0 saturated heterocycles. The normalized spacial score (nSPS) is 14.8. The maximum Gasteiger partial charge on any atom is 0.118 e. The first-order chi connectivity index (χ1) is 10.7. The van der Waals surface area contributed by atoms with Crippen LogP contribution >= 0.6 is 11.6 Å². The number of halogens is 1. The molecule has 111 valence electrons. The van der Waals surface area contributed by atoms with E-state index in [2.05, 4.69) is 43.7 Å². The van der Waals surface area contributed by atoms with Crippen molar-refractivity contribution in [1.29, 1.82) is 0 Å². The molecular formula is C20H18ClO. The highest BCUT2D eigenvalue weighted by Crippen LogP contribution is 2.39. The molecule has 0 N–H and O–H groups in total. The van der Waals surface area contributed by atoms with Crippen LogP contribution in [-0.4, -0.2) is 7.11 Å². The van der Waals surface area contributed by atoms with Gasteiger partial charge >= 0.3 is 0 Å². The average Bonchev–Trinajstić information content (AvgIpc) is 2.56. The van der Waals surface area contributed by atoms with Gasteiger partial charge in [0.25, 0.3) is 0 Å². The van der Waals surface area contributed by atoms with E-state index in [1.165, 1.54) is 5.56 Å². The molecule has 2 aromatic carbocycles. The third-order valence-corrected chi connectivity index (χ3v) is 4.29. The van der Waals surface area contributed by atoms with Crippen molar-refractivity contribution in [3.8, 4) is 5.75 Å². The van der Waals surface area contributed by atoms with Gasteiger partial charge in [0.05, 0.1) is 12.1 Å². The van der Waals surface area contributed by atoms with Gasteiger partial charge in [0.1, 0.15) is 5.75 Å². The van der Waals surface area contributed by atoms with Gasteiger partial charge in [0.2, 0.25) is 0 Å². The van der Waals surface area contributed by atoms with Gasteiger partial charge in [-0.3, -0.25) is 0 Å². The standard InChI is InChI=1S/C20H18ClO/c1-14-6-8-15(9-7-14)18-4-3-5-19(20(18)21)16-10-12-17(22-2)13-11-16/h4-13H,3H2,1-2H3. The van der Waals surface area contributed by atoms with Crippen LogP contribution in [0.25, 0.3) is 11.1 Å². The summed E-state index contributed by atoms with van der Waals surface area (Å²) in [5.74, 6) is 0.852. The number of allylic oxidation sites excluding steroid dienone is 4. The number of rotatable bonds is 3. The first-order valence-electron chi connectivity index (χ1n) is 7.34. The zero-order valence-corrected chi connectivity index (χ0v) is 13.5. The van der Waals surface area contributed by atoms with Crippen molar-refractivity contribution < 1.29 is 4.74 Å². The summed E-state index contributed by atoms with van der Waals surface area (Å²) in [5, 5.41) is 0.806. The molecule has 2 heteroatoms. The molecule has 0 saturated carbocycles. The molecule has 1 aliphatic rings. The average molecular weight is 310 g/mol. The van der Waals surface area contributed by atoms with Crippen LogP contribution in [0.4, 0.5) is 0 Å². The van der Waals surface area contributed by atoms with Gasteiger partial charge in [-0.1, -0.05) is 59.6 Å². The largest absolute Gasteiger partial charge is 0.497 e. The summed E-state index contributed by atoms with van der Waals surface area (Å²) >= 11 is 6.68. The van der Waals surface area contributed by atoms with Gasteiger partial charge < -0.3 is 4.74 Å². The lowest BCUT2D eigenvalue weighted by atomic mass is 9.90. The second kappa shape index (κ2) is 6.41. The van der Waals surface area contributed by atoms with E-state index >= 15 is 0 Å². The van der Waals surface area contributed by atoms with Crippen molar-refractivity contribution in [1.82, 2.24) is 0 Å². The summed E-state index contributed by atoms with van der Waals surface area (Å²) in [6, 6.07) is 16.5. The molecule has 0 atom stereocenters. The van der Waals surface area contributed by atoms with Crippen molar-refractivity contribution in [3.63, 3.8) is 0 Å². The summed E-state index contributed by atoms with van der Waals surface area (Å²) < 4.78 is 5.21. The van der Waals surface area contributed by atoms with E-state index in [4.69, 9.17) is 16.3 Å². The quantitative estimate of drug-likeness (QED) is 0.712. The van der Waals surface area contributed by atoms with Crippen LogP contribution in [0.1, 0.15) is 23.1 Å². The minimum Gasteiger partial charge on any atom is -0.497 e. The fourth-order valence-electron chi connectivity index (χ4n) is 2.61. The van der Waals surface area contributed by atoms with Crippen LogP contribution in [0.2, 0.25) is 0 Å². The van der Waals surface area contributed by atoms with Crippen LogP contribution in [0, 0.1) is 13.3 Å². The predicted molar refractivity (Wildman–Crippen MR) is 93.8 cm³/mol. The van der Waals surface area contributed by atoms with Gasteiger partial charge in [0, 0.05) is 0 Å². The molecule has 1 aliphatic carbocycles. The Morgan fingerprint density at radius 2 is 1.55 bits per heavy atom. The number of hydrogen-bond acceptors (Lipinski definition) is 1. The van der Waals surface area contributed by atoms with Crippen molar-refractivity contribution in [3.05, 3.63) is 82.8 Å². The first kappa shape index (κ1) is 14.9. The maximum absolute atomic E-state index is 6.68. The van der Waals surface area contributed by atoms with Gasteiger partial charge in [0.15, 0.2) is 0 Å². The van der Waals surface area contributed by atoms with Crippen molar-refractivity contribution >= 4 is 22.7 Å². The monoisotopic (exact) mass is 309 g/mol. The molecule has 0 bridgehead atoms. The zero-order valence-electron chi connectivity index (χ0n) is 12.8. The fourth-order valence-corrected chi connectivity index (χ4v) is 2.98. The van der Waals surface area contributed by atoms with Gasteiger partial charge in [-0.05, 0) is 54.2 Å². The van der Waals surface area contributed by atoms with E-state index in [0.717, 1.165) is 39.5 Å². The second-order valence-electron chi connectivity index (χ2n) is 5.38. The highest BCUT2D eigenvalue weighted by molar-refractivity contribution is 6.40. The Balaban J connectivity index is 1.98. The molecule has 22 heavy (non-hydrogen) atoms. The smallest absolute Gasteiger partial charge is 0.118 e. The summed E-state index contributed by atoms with van der Waals surface area (Å²) in [5.41, 5.74) is 5.72. The molecule has 0 spiro atoms. The zero-order chi connectivity index (χ0) is 15.5. The third kappa shape index (κ3) is 2.95. The molecule has 0 heterocycles. The Morgan fingerprint density at radius 1 is 0.909 bits per heavy atom. The third-order valence-electron chi connectivity index (χ3n) is 3.88. The number of methoxy groups -OCH3 is 1. The molecule has 0 aromatic heterocycles. The Hall–Kier alpha value is -1.99. The summed E-state index contributed by atoms with van der Waals surface area (Å²) in [7, 11) is 1.67. The lowest BCUT2D eigenvalue weighted by Crippen LogP contribution is -1.98. The SMILES string of the molecule is COc1ccc(C2=C(Cl)C(c3ccc(C)cc3)=CC[CH]2)cc1. The van der Waals surface area contributed by atoms with Crippen LogP contribution in [0.15, 0.2) is 59.6 Å². The molecule has 0 amide bonds. The van der Waals surface area contributed by atoms with Crippen LogP contribution in [-0.2, 0) is 0 Å². The molecule has 1 radical (unpaired) electrons. The van der Waals surface area contributed by atoms with Crippen molar-refractivity contribution in [2.75, 3.05) is 7.11 Å². The molecule has 0 aliphatic heterocycles. The van der Waals surface area contributed by atoms with E-state index < -0.39 is 0 Å². The first-order valence-corrected chi connectivity index (χ1v) is 7.72. The van der Waals surface area contributed by atoms with Crippen LogP contribution < -0.4 is 4.74 Å². The van der Waals surface area contributed by atoms with E-state index in [-0.39, 0.29) is 0 Å². The number of ether oxygens (including phenoxy) is 1. The Labute approximate surface area is 136 Å². The van der Waals surface area contributed by atoms with Crippen molar-refractivity contribution in [2.24, 2.45) is 0 Å². The van der Waals surface area contributed by atoms with E-state index in [9.17, 15) is 0 Å². The van der Waals surface area contributed by atoms with Gasteiger partial charge in [-0.25, -0.2) is 0 Å². The topological polar surface area (TPSA) is 9.23 Å². The molecule has 3 rings (SSSR count). The maximum atomic E-state index is 6.68. The highest BCUT2D eigenvalue weighted by Gasteiger charge is 2.17. The lowest BCUT2D eigenvalue weighted by Gasteiger charge is -2.18. The van der Waals surface area contributed by atoms with Gasteiger partial charge in [-0.15, -0.1) is 0 Å². The fraction of sp³-hybridized carbons (Fsp3) is 0.150. The summed E-state index contributed by atoms with van der Waals surface area (Å²) in [4.78, 5) is 0. The van der Waals surface area contributed by atoms with Crippen LogP contribution in [0.5, 0.6) is 5.75 Å². The Morgan fingerprint density at radius 3 is 2.18 bits per heavy atom. The van der Waals surface area contributed by atoms with E-state index in [1.807, 2.05) is 24.3 Å². The molecule has 2 aromatic rings. The highest BCUT2D eigenvalue weighted by atomic mass is 35.5. The summed E-state index contributed by atoms with van der Waals surface area (Å²) in [6.07, 6.45) is 5.24. The minimum absolute atomic E-state index is 0.806. The molecule has 0 fully saturated rings. The minimum atomic E-state index is 0.806. The van der Waals surface area contributed by atoms with Crippen molar-refractivity contribution in [2.45, 2.75) is 13.3 Å². The Kier molecular flexibility index (Phi) is 4.35. The summed E-state index contributed by atoms with van der Waals surface area (Å²) in [6.45, 7) is 2.09. The predicted octanol–water partition coefficient (Wildman–Crippen LogP) is 5.65.